The summed E-state index contributed by atoms with van der Waals surface area (Å²) in [5, 5.41) is 20.1. The number of hydrogen-bond acceptors (Lipinski definition) is 7. The van der Waals surface area contributed by atoms with Gasteiger partial charge in [0, 0.05) is 12.6 Å². The zero-order valence-electron chi connectivity index (χ0n) is 11.0. The first-order chi connectivity index (χ1) is 9.74. The molecule has 102 valence electrons. The van der Waals surface area contributed by atoms with E-state index >= 15 is 0 Å². The van der Waals surface area contributed by atoms with Gasteiger partial charge in [-0.15, -0.1) is 15.3 Å². The topological polar surface area (TPSA) is 82.5 Å². The van der Waals surface area contributed by atoms with E-state index < -0.39 is 0 Å². The standard InChI is InChI=1S/C12H12N6OS/c1-8(20-12-15-16-17-18(12)2)10-13-14-11(19-10)9-6-4-3-5-7-9/h3-8H,1-2H3. The average molecular weight is 288 g/mol. The lowest BCUT2D eigenvalue weighted by Crippen LogP contribution is -1.96. The van der Waals surface area contributed by atoms with Crippen LogP contribution in [-0.2, 0) is 7.05 Å². The second-order valence-corrected chi connectivity index (χ2v) is 5.46. The zero-order chi connectivity index (χ0) is 13.9. The smallest absolute Gasteiger partial charge is 0.247 e. The molecule has 0 fully saturated rings. The van der Waals surface area contributed by atoms with Gasteiger partial charge in [-0.2, -0.15) is 0 Å². The van der Waals surface area contributed by atoms with Crippen LogP contribution in [0.4, 0.5) is 0 Å². The lowest BCUT2D eigenvalue weighted by Gasteiger charge is -2.03. The van der Waals surface area contributed by atoms with Crippen LogP contribution < -0.4 is 0 Å². The Morgan fingerprint density at radius 3 is 2.65 bits per heavy atom. The highest BCUT2D eigenvalue weighted by Crippen LogP contribution is 2.33. The normalized spacial score (nSPS) is 12.5. The van der Waals surface area contributed by atoms with Crippen molar-refractivity contribution in [3.05, 3.63) is 36.2 Å². The first-order valence-corrected chi connectivity index (χ1v) is 6.90. The second-order valence-electron chi connectivity index (χ2n) is 4.16. The summed E-state index contributed by atoms with van der Waals surface area (Å²) in [7, 11) is 1.79. The van der Waals surface area contributed by atoms with Gasteiger partial charge in [0.1, 0.15) is 0 Å². The van der Waals surface area contributed by atoms with Crippen molar-refractivity contribution in [1.29, 1.82) is 0 Å². The Hall–Kier alpha value is -2.22. The van der Waals surface area contributed by atoms with E-state index in [1.165, 1.54) is 11.8 Å². The fourth-order valence-corrected chi connectivity index (χ4v) is 2.41. The Morgan fingerprint density at radius 1 is 1.15 bits per heavy atom. The molecule has 0 N–H and O–H groups in total. The monoisotopic (exact) mass is 288 g/mol. The van der Waals surface area contributed by atoms with E-state index in [4.69, 9.17) is 4.42 Å². The van der Waals surface area contributed by atoms with Crippen molar-refractivity contribution in [2.75, 3.05) is 0 Å². The van der Waals surface area contributed by atoms with Gasteiger partial charge in [-0.3, -0.25) is 0 Å². The van der Waals surface area contributed by atoms with Crippen molar-refractivity contribution in [3.63, 3.8) is 0 Å². The van der Waals surface area contributed by atoms with Gasteiger partial charge in [0.2, 0.25) is 16.9 Å². The Labute approximate surface area is 119 Å². The first kappa shape index (κ1) is 12.8. The van der Waals surface area contributed by atoms with E-state index in [1.54, 1.807) is 11.7 Å². The molecule has 0 saturated heterocycles. The van der Waals surface area contributed by atoms with Gasteiger partial charge in [-0.25, -0.2) is 4.68 Å². The molecule has 0 amide bonds. The fraction of sp³-hybridized carbons (Fsp3) is 0.250. The lowest BCUT2D eigenvalue weighted by molar-refractivity contribution is 0.508. The third-order valence-corrected chi connectivity index (χ3v) is 3.78. The maximum Gasteiger partial charge on any atom is 0.247 e. The molecular formula is C12H12N6OS. The van der Waals surface area contributed by atoms with Gasteiger partial charge >= 0.3 is 0 Å². The highest BCUT2D eigenvalue weighted by molar-refractivity contribution is 7.99. The van der Waals surface area contributed by atoms with Crippen molar-refractivity contribution in [1.82, 2.24) is 30.4 Å². The Bertz CT molecular complexity index is 695. The number of rotatable bonds is 4. The van der Waals surface area contributed by atoms with Gasteiger partial charge in [0.25, 0.3) is 0 Å². The van der Waals surface area contributed by atoms with Crippen LogP contribution in [-0.4, -0.2) is 30.4 Å². The highest BCUT2D eigenvalue weighted by Gasteiger charge is 2.18. The quantitative estimate of drug-likeness (QED) is 0.680. The zero-order valence-corrected chi connectivity index (χ0v) is 11.8. The summed E-state index contributed by atoms with van der Waals surface area (Å²) in [5.74, 6) is 1.07. The molecule has 0 radical (unpaired) electrons. The van der Waals surface area contributed by atoms with Crippen LogP contribution in [0.15, 0.2) is 39.9 Å². The first-order valence-electron chi connectivity index (χ1n) is 6.02. The molecule has 0 aliphatic heterocycles. The molecule has 1 atom stereocenters. The van der Waals surface area contributed by atoms with Crippen LogP contribution in [0.1, 0.15) is 18.1 Å². The molecule has 20 heavy (non-hydrogen) atoms. The van der Waals surface area contributed by atoms with Crippen molar-refractivity contribution in [3.8, 4) is 11.5 Å². The average Bonchev–Trinajstić information content (AvgIpc) is 3.10. The molecule has 0 aliphatic rings. The number of aryl methyl sites for hydroxylation is 1. The van der Waals surface area contributed by atoms with E-state index in [-0.39, 0.29) is 5.25 Å². The third-order valence-electron chi connectivity index (χ3n) is 2.67. The summed E-state index contributed by atoms with van der Waals surface area (Å²) in [6, 6.07) is 9.68. The SMILES string of the molecule is CC(Sc1nnnn1C)c1nnc(-c2ccccc2)o1. The summed E-state index contributed by atoms with van der Waals surface area (Å²) in [5.41, 5.74) is 0.906. The van der Waals surface area contributed by atoms with Crippen LogP contribution >= 0.6 is 11.8 Å². The van der Waals surface area contributed by atoms with Crippen LogP contribution in [0.3, 0.4) is 0 Å². The molecule has 0 bridgehead atoms. The molecule has 2 heterocycles. The molecular weight excluding hydrogens is 276 g/mol. The summed E-state index contributed by atoms with van der Waals surface area (Å²) in [4.78, 5) is 0. The van der Waals surface area contributed by atoms with Crippen LogP contribution in [0, 0.1) is 0 Å². The third kappa shape index (κ3) is 2.55. The van der Waals surface area contributed by atoms with Crippen LogP contribution in [0.2, 0.25) is 0 Å². The van der Waals surface area contributed by atoms with E-state index in [1.807, 2.05) is 37.3 Å². The molecule has 0 spiro atoms. The van der Waals surface area contributed by atoms with E-state index in [9.17, 15) is 0 Å². The molecule has 1 aromatic carbocycles. The number of benzene rings is 1. The van der Waals surface area contributed by atoms with Crippen molar-refractivity contribution >= 4 is 11.8 Å². The van der Waals surface area contributed by atoms with Gasteiger partial charge in [0.15, 0.2) is 0 Å². The van der Waals surface area contributed by atoms with Crippen molar-refractivity contribution in [2.45, 2.75) is 17.3 Å². The predicted molar refractivity (Wildman–Crippen MR) is 72.8 cm³/mol. The number of tetrazole rings is 1. The Balaban J connectivity index is 1.78. The minimum Gasteiger partial charge on any atom is -0.419 e. The number of hydrogen-bond donors (Lipinski definition) is 0. The summed E-state index contributed by atoms with van der Waals surface area (Å²) in [6.45, 7) is 1.97. The molecule has 8 heteroatoms. The van der Waals surface area contributed by atoms with Crippen LogP contribution in [0.25, 0.3) is 11.5 Å². The molecule has 3 aromatic rings. The Morgan fingerprint density at radius 2 is 1.95 bits per heavy atom. The summed E-state index contributed by atoms with van der Waals surface area (Å²) >= 11 is 1.47. The van der Waals surface area contributed by atoms with E-state index in [2.05, 4.69) is 25.7 Å². The maximum atomic E-state index is 5.70. The second kappa shape index (κ2) is 5.41. The largest absolute Gasteiger partial charge is 0.419 e. The number of aromatic nitrogens is 6. The predicted octanol–water partition coefficient (Wildman–Crippen LogP) is 2.11. The van der Waals surface area contributed by atoms with E-state index in [0.29, 0.717) is 16.9 Å². The lowest BCUT2D eigenvalue weighted by atomic mass is 10.2. The molecule has 1 unspecified atom stereocenters. The van der Waals surface area contributed by atoms with E-state index in [0.717, 1.165) is 5.56 Å². The van der Waals surface area contributed by atoms with Gasteiger partial charge < -0.3 is 4.42 Å². The van der Waals surface area contributed by atoms with Crippen molar-refractivity contribution < 1.29 is 4.42 Å². The Kier molecular flexibility index (Phi) is 3.46. The molecule has 0 saturated carbocycles. The van der Waals surface area contributed by atoms with Gasteiger partial charge in [0.05, 0.1) is 5.25 Å². The van der Waals surface area contributed by atoms with Crippen LogP contribution in [0.5, 0.6) is 0 Å². The minimum absolute atomic E-state index is 0.0235. The highest BCUT2D eigenvalue weighted by atomic mass is 32.2. The van der Waals surface area contributed by atoms with Gasteiger partial charge in [-0.05, 0) is 29.5 Å². The van der Waals surface area contributed by atoms with Gasteiger partial charge in [-0.1, -0.05) is 30.0 Å². The summed E-state index contributed by atoms with van der Waals surface area (Å²) < 4.78 is 7.31. The minimum atomic E-state index is -0.0235. The summed E-state index contributed by atoms with van der Waals surface area (Å²) in [6.07, 6.45) is 0. The molecule has 7 nitrogen and oxygen atoms in total. The van der Waals surface area contributed by atoms with Crippen molar-refractivity contribution in [2.24, 2.45) is 7.05 Å². The molecule has 0 aliphatic carbocycles. The number of nitrogens with zero attached hydrogens (tertiary/aromatic N) is 6. The maximum absolute atomic E-state index is 5.70. The molecule has 2 aromatic heterocycles. The molecule has 3 rings (SSSR count). The number of thioether (sulfide) groups is 1. The fourth-order valence-electron chi connectivity index (χ4n) is 1.63.